The van der Waals surface area contributed by atoms with Crippen LogP contribution < -0.4 is 10.1 Å². The number of carbonyl (C=O) groups excluding carboxylic acids is 1. The zero-order valence-corrected chi connectivity index (χ0v) is 13.5. The quantitative estimate of drug-likeness (QED) is 0.806. The largest absolute Gasteiger partial charge is 0.496 e. The van der Waals surface area contributed by atoms with Crippen molar-refractivity contribution in [3.8, 4) is 5.75 Å². The van der Waals surface area contributed by atoms with Gasteiger partial charge in [0.2, 0.25) is 0 Å². The Balaban J connectivity index is 2.04. The van der Waals surface area contributed by atoms with Crippen molar-refractivity contribution < 1.29 is 24.2 Å². The summed E-state index contributed by atoms with van der Waals surface area (Å²) in [6.45, 7) is 1.91. The van der Waals surface area contributed by atoms with E-state index in [9.17, 15) is 9.59 Å². The Kier molecular flexibility index (Phi) is 5.98. The van der Waals surface area contributed by atoms with Crippen molar-refractivity contribution in [2.75, 3.05) is 12.4 Å². The van der Waals surface area contributed by atoms with E-state index in [1.54, 1.807) is 6.07 Å². The summed E-state index contributed by atoms with van der Waals surface area (Å²) in [5.41, 5.74) is 0.546. The fourth-order valence-electron chi connectivity index (χ4n) is 2.77. The number of hydrogen-bond donors (Lipinski definition) is 2. The third-order valence-electron chi connectivity index (χ3n) is 4.02. The Bertz CT molecular complexity index is 566. The molecule has 1 amide bonds. The molecule has 1 aliphatic carbocycles. The summed E-state index contributed by atoms with van der Waals surface area (Å²) in [7, 11) is 1.39. The molecule has 0 spiro atoms. The van der Waals surface area contributed by atoms with Crippen molar-refractivity contribution >= 4 is 17.6 Å². The second-order valence-corrected chi connectivity index (χ2v) is 5.65. The molecule has 0 saturated heterocycles. The van der Waals surface area contributed by atoms with E-state index in [4.69, 9.17) is 14.6 Å². The van der Waals surface area contributed by atoms with Crippen molar-refractivity contribution in [3.05, 3.63) is 23.8 Å². The molecule has 1 aliphatic rings. The van der Waals surface area contributed by atoms with E-state index in [-0.39, 0.29) is 23.3 Å². The van der Waals surface area contributed by atoms with Gasteiger partial charge in [0, 0.05) is 11.8 Å². The van der Waals surface area contributed by atoms with Crippen LogP contribution in [0.2, 0.25) is 0 Å². The molecule has 1 unspecified atom stereocenters. The van der Waals surface area contributed by atoms with Crippen LogP contribution in [-0.4, -0.2) is 36.3 Å². The summed E-state index contributed by atoms with van der Waals surface area (Å²) in [6, 6.07) is 4.46. The van der Waals surface area contributed by atoms with Gasteiger partial charge in [-0.05, 0) is 31.4 Å². The lowest BCUT2D eigenvalue weighted by Crippen LogP contribution is -2.32. The van der Waals surface area contributed by atoms with Gasteiger partial charge in [-0.3, -0.25) is 4.79 Å². The molecule has 2 rings (SSSR count). The van der Waals surface area contributed by atoms with Gasteiger partial charge in [0.15, 0.2) is 0 Å². The molecule has 1 atom stereocenters. The van der Waals surface area contributed by atoms with Crippen LogP contribution in [0.4, 0.5) is 5.69 Å². The maximum absolute atomic E-state index is 12.4. The van der Waals surface area contributed by atoms with Crippen LogP contribution in [0.15, 0.2) is 18.2 Å². The molecule has 1 saturated carbocycles. The van der Waals surface area contributed by atoms with E-state index in [1.165, 1.54) is 19.2 Å². The molecule has 6 heteroatoms. The highest BCUT2D eigenvalue weighted by atomic mass is 16.5. The first kappa shape index (κ1) is 17.3. The molecule has 0 radical (unpaired) electrons. The molecule has 0 heterocycles. The number of amides is 1. The van der Waals surface area contributed by atoms with Crippen LogP contribution in [0.3, 0.4) is 0 Å². The first-order valence-electron chi connectivity index (χ1n) is 7.92. The summed E-state index contributed by atoms with van der Waals surface area (Å²) in [5.74, 6) is -1.08. The number of hydrogen-bond acceptors (Lipinski definition) is 4. The monoisotopic (exact) mass is 321 g/mol. The molecule has 1 aromatic carbocycles. The minimum atomic E-state index is -1.07. The number of anilines is 1. The third kappa shape index (κ3) is 4.45. The number of nitrogens with one attached hydrogen (secondary N) is 1. The van der Waals surface area contributed by atoms with E-state index >= 15 is 0 Å². The molecule has 126 valence electrons. The number of aromatic carboxylic acids is 1. The van der Waals surface area contributed by atoms with E-state index in [1.807, 2.05) is 6.92 Å². The second-order valence-electron chi connectivity index (χ2n) is 5.65. The van der Waals surface area contributed by atoms with Gasteiger partial charge in [0.05, 0.1) is 13.2 Å². The average Bonchev–Trinajstić information content (AvgIpc) is 3.05. The molecule has 6 nitrogen and oxygen atoms in total. The van der Waals surface area contributed by atoms with Gasteiger partial charge in [0.1, 0.15) is 17.4 Å². The maximum Gasteiger partial charge on any atom is 0.339 e. The normalized spacial score (nSPS) is 16.1. The summed E-state index contributed by atoms with van der Waals surface area (Å²) in [5, 5.41) is 11.8. The number of rotatable bonds is 7. The summed E-state index contributed by atoms with van der Waals surface area (Å²) < 4.78 is 10.9. The van der Waals surface area contributed by atoms with Gasteiger partial charge in [-0.25, -0.2) is 4.79 Å². The SMILES string of the molecule is CCC(OC1CCCC1)C(=O)Nc1ccc(C(=O)O)c(OC)c1. The number of carboxylic acid groups (broad SMARTS) is 1. The number of carbonyl (C=O) groups is 2. The zero-order valence-electron chi connectivity index (χ0n) is 13.5. The average molecular weight is 321 g/mol. The lowest BCUT2D eigenvalue weighted by Gasteiger charge is -2.20. The van der Waals surface area contributed by atoms with Crippen molar-refractivity contribution in [2.45, 2.75) is 51.2 Å². The van der Waals surface area contributed by atoms with Crippen molar-refractivity contribution in [1.82, 2.24) is 0 Å². The molecule has 0 bridgehead atoms. The maximum atomic E-state index is 12.4. The predicted octanol–water partition coefficient (Wildman–Crippen LogP) is 3.07. The lowest BCUT2D eigenvalue weighted by atomic mass is 10.1. The van der Waals surface area contributed by atoms with Gasteiger partial charge < -0.3 is 19.9 Å². The van der Waals surface area contributed by atoms with E-state index in [2.05, 4.69) is 5.32 Å². The van der Waals surface area contributed by atoms with Gasteiger partial charge in [-0.2, -0.15) is 0 Å². The standard InChI is InChI=1S/C17H23NO5/c1-3-14(23-12-6-4-5-7-12)16(19)18-11-8-9-13(17(20)21)15(10-11)22-2/h8-10,12,14H,3-7H2,1-2H3,(H,18,19)(H,20,21). The van der Waals surface area contributed by atoms with Gasteiger partial charge in [-0.1, -0.05) is 19.8 Å². The third-order valence-corrected chi connectivity index (χ3v) is 4.02. The van der Waals surface area contributed by atoms with Crippen LogP contribution in [0.25, 0.3) is 0 Å². The van der Waals surface area contributed by atoms with E-state index < -0.39 is 12.1 Å². The Labute approximate surface area is 135 Å². The Hall–Kier alpha value is -2.08. The number of ether oxygens (including phenoxy) is 2. The zero-order chi connectivity index (χ0) is 16.8. The fraction of sp³-hybridized carbons (Fsp3) is 0.529. The van der Waals surface area contributed by atoms with Crippen LogP contribution in [-0.2, 0) is 9.53 Å². The number of carboxylic acids is 1. The molecule has 1 aromatic rings. The van der Waals surface area contributed by atoms with Crippen molar-refractivity contribution in [3.63, 3.8) is 0 Å². The van der Waals surface area contributed by atoms with Gasteiger partial charge in [-0.15, -0.1) is 0 Å². The highest BCUT2D eigenvalue weighted by Crippen LogP contribution is 2.25. The van der Waals surface area contributed by atoms with Gasteiger partial charge in [0.25, 0.3) is 5.91 Å². The molecule has 1 fully saturated rings. The van der Waals surface area contributed by atoms with E-state index in [0.29, 0.717) is 12.1 Å². The fourth-order valence-corrected chi connectivity index (χ4v) is 2.77. The van der Waals surface area contributed by atoms with Crippen LogP contribution in [0, 0.1) is 0 Å². The Morgan fingerprint density at radius 1 is 1.35 bits per heavy atom. The van der Waals surface area contributed by atoms with Crippen molar-refractivity contribution in [1.29, 1.82) is 0 Å². The highest BCUT2D eigenvalue weighted by molar-refractivity contribution is 5.96. The van der Waals surface area contributed by atoms with Crippen LogP contribution >= 0.6 is 0 Å². The summed E-state index contributed by atoms with van der Waals surface area (Å²) >= 11 is 0. The molecule has 0 aromatic heterocycles. The Morgan fingerprint density at radius 3 is 2.61 bits per heavy atom. The first-order valence-corrected chi connectivity index (χ1v) is 7.92. The molecular formula is C17H23NO5. The van der Waals surface area contributed by atoms with Crippen LogP contribution in [0.5, 0.6) is 5.75 Å². The first-order chi connectivity index (χ1) is 11.0. The Morgan fingerprint density at radius 2 is 2.04 bits per heavy atom. The van der Waals surface area contributed by atoms with E-state index in [0.717, 1.165) is 25.7 Å². The predicted molar refractivity (Wildman–Crippen MR) is 86.0 cm³/mol. The molecular weight excluding hydrogens is 298 g/mol. The minimum Gasteiger partial charge on any atom is -0.496 e. The second kappa shape index (κ2) is 7.97. The molecule has 0 aliphatic heterocycles. The number of methoxy groups -OCH3 is 1. The van der Waals surface area contributed by atoms with Crippen molar-refractivity contribution in [2.24, 2.45) is 0 Å². The topological polar surface area (TPSA) is 84.9 Å². The van der Waals surface area contributed by atoms with Gasteiger partial charge >= 0.3 is 5.97 Å². The lowest BCUT2D eigenvalue weighted by molar-refractivity contribution is -0.131. The minimum absolute atomic E-state index is 0.0553. The summed E-state index contributed by atoms with van der Waals surface area (Å²) in [6.07, 6.45) is 4.56. The number of benzene rings is 1. The molecule has 23 heavy (non-hydrogen) atoms. The highest BCUT2D eigenvalue weighted by Gasteiger charge is 2.24. The smallest absolute Gasteiger partial charge is 0.339 e. The molecule has 2 N–H and O–H groups in total. The summed E-state index contributed by atoms with van der Waals surface area (Å²) in [4.78, 5) is 23.4. The van der Waals surface area contributed by atoms with Crippen LogP contribution in [0.1, 0.15) is 49.4 Å².